The summed E-state index contributed by atoms with van der Waals surface area (Å²) in [6.07, 6.45) is 3.00. The van der Waals surface area contributed by atoms with E-state index in [9.17, 15) is 13.2 Å². The maximum atomic E-state index is 12.8. The molecule has 1 saturated carbocycles. The molecule has 3 heterocycles. The minimum absolute atomic E-state index is 0.0900. The number of carbonyl (C=O) groups excluding carboxylic acids is 1. The molecule has 0 unspecified atom stereocenters. The van der Waals surface area contributed by atoms with Gasteiger partial charge in [0.2, 0.25) is 5.91 Å². The molecule has 0 radical (unpaired) electrons. The molecule has 1 aromatic heterocycles. The highest BCUT2D eigenvalue weighted by Gasteiger charge is 2.49. The van der Waals surface area contributed by atoms with E-state index in [1.807, 2.05) is 29.2 Å². The standard InChI is InChI=1S/C19H24N4O3S/c24-19(13-4-3-5-13)23-9-8-22(16-11-27(25,26)12-17(16)23)10-18-20-14-6-1-2-7-15(14)21-18/h1-2,6-7,13,16-17H,3-5,8-12H2,(H,20,21)/t16-,17+/m0/s1. The second-order valence-electron chi connectivity index (χ2n) is 8.04. The molecule has 1 aromatic carbocycles. The minimum Gasteiger partial charge on any atom is -0.341 e. The molecule has 2 saturated heterocycles. The van der Waals surface area contributed by atoms with Crippen LogP contribution in [0.1, 0.15) is 25.1 Å². The molecular formula is C19H24N4O3S. The van der Waals surface area contributed by atoms with Gasteiger partial charge >= 0.3 is 0 Å². The Morgan fingerprint density at radius 2 is 1.93 bits per heavy atom. The third-order valence-electron chi connectivity index (χ3n) is 6.32. The smallest absolute Gasteiger partial charge is 0.226 e. The van der Waals surface area contributed by atoms with Crippen molar-refractivity contribution in [3.63, 3.8) is 0 Å². The summed E-state index contributed by atoms with van der Waals surface area (Å²) >= 11 is 0. The van der Waals surface area contributed by atoms with Gasteiger partial charge in [-0.25, -0.2) is 13.4 Å². The lowest BCUT2D eigenvalue weighted by Crippen LogP contribution is -2.61. The second kappa shape index (κ2) is 6.31. The number of piperazine rings is 1. The summed E-state index contributed by atoms with van der Waals surface area (Å²) in [7, 11) is -3.13. The van der Waals surface area contributed by atoms with E-state index < -0.39 is 9.84 Å². The van der Waals surface area contributed by atoms with Gasteiger partial charge in [0.1, 0.15) is 5.82 Å². The molecule has 7 nitrogen and oxygen atoms in total. The fourth-order valence-corrected chi connectivity index (χ4v) is 6.67. The molecule has 1 N–H and O–H groups in total. The van der Waals surface area contributed by atoms with Gasteiger partial charge in [0, 0.05) is 25.0 Å². The molecule has 144 valence electrons. The van der Waals surface area contributed by atoms with Gasteiger partial charge in [-0.15, -0.1) is 0 Å². The number of rotatable bonds is 3. The molecule has 1 aliphatic carbocycles. The first-order valence-corrected chi connectivity index (χ1v) is 11.5. The molecule has 3 aliphatic rings. The maximum Gasteiger partial charge on any atom is 0.226 e. The number of sulfone groups is 1. The Balaban J connectivity index is 1.39. The second-order valence-corrected chi connectivity index (χ2v) is 10.2. The Bertz CT molecular complexity index is 949. The zero-order valence-electron chi connectivity index (χ0n) is 15.2. The highest BCUT2D eigenvalue weighted by molar-refractivity contribution is 7.91. The van der Waals surface area contributed by atoms with Gasteiger partial charge in [-0.3, -0.25) is 9.69 Å². The van der Waals surface area contributed by atoms with Crippen molar-refractivity contribution in [1.82, 2.24) is 19.8 Å². The van der Waals surface area contributed by atoms with Gasteiger partial charge in [0.25, 0.3) is 0 Å². The summed E-state index contributed by atoms with van der Waals surface area (Å²) in [4.78, 5) is 24.8. The lowest BCUT2D eigenvalue weighted by atomic mass is 9.83. The van der Waals surface area contributed by atoms with Crippen LogP contribution in [0, 0.1) is 5.92 Å². The van der Waals surface area contributed by atoms with Crippen molar-refractivity contribution in [3.8, 4) is 0 Å². The molecular weight excluding hydrogens is 364 g/mol. The van der Waals surface area contributed by atoms with E-state index in [-0.39, 0.29) is 35.4 Å². The largest absolute Gasteiger partial charge is 0.341 e. The van der Waals surface area contributed by atoms with Crippen molar-refractivity contribution in [3.05, 3.63) is 30.1 Å². The van der Waals surface area contributed by atoms with Crippen LogP contribution in [0.3, 0.4) is 0 Å². The van der Waals surface area contributed by atoms with E-state index in [1.165, 1.54) is 0 Å². The molecule has 2 aromatic rings. The van der Waals surface area contributed by atoms with Gasteiger partial charge in [0.05, 0.1) is 35.1 Å². The van der Waals surface area contributed by atoms with Crippen LogP contribution in [-0.2, 0) is 21.2 Å². The highest BCUT2D eigenvalue weighted by Crippen LogP contribution is 2.33. The number of aromatic nitrogens is 2. The van der Waals surface area contributed by atoms with Crippen molar-refractivity contribution in [2.45, 2.75) is 37.9 Å². The molecule has 27 heavy (non-hydrogen) atoms. The van der Waals surface area contributed by atoms with Crippen LogP contribution >= 0.6 is 0 Å². The molecule has 0 bridgehead atoms. The van der Waals surface area contributed by atoms with Crippen LogP contribution in [0.25, 0.3) is 11.0 Å². The number of H-pyrrole nitrogens is 1. The fourth-order valence-electron chi connectivity index (χ4n) is 4.66. The van der Waals surface area contributed by atoms with Gasteiger partial charge in [0.15, 0.2) is 9.84 Å². The average molecular weight is 388 g/mol. The van der Waals surface area contributed by atoms with Gasteiger partial charge in [-0.2, -0.15) is 0 Å². The van der Waals surface area contributed by atoms with Crippen LogP contribution < -0.4 is 0 Å². The molecule has 5 rings (SSSR count). The first-order valence-electron chi connectivity index (χ1n) is 9.69. The van der Waals surface area contributed by atoms with E-state index in [4.69, 9.17) is 0 Å². The zero-order chi connectivity index (χ0) is 18.6. The number of fused-ring (bicyclic) bond motifs is 2. The number of aromatic amines is 1. The van der Waals surface area contributed by atoms with Crippen LogP contribution in [0.4, 0.5) is 0 Å². The summed E-state index contributed by atoms with van der Waals surface area (Å²) in [5, 5.41) is 0. The molecule has 0 spiro atoms. The number of nitrogens with zero attached hydrogens (tertiary/aromatic N) is 3. The topological polar surface area (TPSA) is 86.4 Å². The lowest BCUT2D eigenvalue weighted by Gasteiger charge is -2.45. The zero-order valence-corrected chi connectivity index (χ0v) is 16.0. The monoisotopic (exact) mass is 388 g/mol. The Morgan fingerprint density at radius 3 is 2.67 bits per heavy atom. The predicted molar refractivity (Wildman–Crippen MR) is 102 cm³/mol. The maximum absolute atomic E-state index is 12.8. The number of imidazole rings is 1. The molecule has 3 fully saturated rings. The van der Waals surface area contributed by atoms with Crippen molar-refractivity contribution in [1.29, 1.82) is 0 Å². The summed E-state index contributed by atoms with van der Waals surface area (Å²) in [6.45, 7) is 1.87. The van der Waals surface area contributed by atoms with E-state index >= 15 is 0 Å². The lowest BCUT2D eigenvalue weighted by molar-refractivity contribution is -0.144. The van der Waals surface area contributed by atoms with Crippen LogP contribution in [-0.4, -0.2) is 70.8 Å². The number of carbonyl (C=O) groups is 1. The molecule has 2 atom stereocenters. The average Bonchev–Trinajstić information content (AvgIpc) is 3.12. The fraction of sp³-hybridized carbons (Fsp3) is 0.579. The Labute approximate surface area is 158 Å². The summed E-state index contributed by atoms with van der Waals surface area (Å²) in [5.41, 5.74) is 1.91. The van der Waals surface area contributed by atoms with E-state index in [1.54, 1.807) is 0 Å². The van der Waals surface area contributed by atoms with Crippen molar-refractivity contribution in [2.24, 2.45) is 5.92 Å². The predicted octanol–water partition coefficient (Wildman–Crippen LogP) is 1.17. The number of amides is 1. The number of hydrogen-bond acceptors (Lipinski definition) is 5. The van der Waals surface area contributed by atoms with E-state index in [0.717, 1.165) is 36.1 Å². The number of nitrogens with one attached hydrogen (secondary N) is 1. The quantitative estimate of drug-likeness (QED) is 0.853. The summed E-state index contributed by atoms with van der Waals surface area (Å²) < 4.78 is 24.7. The Kier molecular flexibility index (Phi) is 4.01. The number of benzene rings is 1. The van der Waals surface area contributed by atoms with Crippen molar-refractivity contribution in [2.75, 3.05) is 24.6 Å². The Morgan fingerprint density at radius 1 is 1.15 bits per heavy atom. The van der Waals surface area contributed by atoms with E-state index in [0.29, 0.717) is 19.6 Å². The summed E-state index contributed by atoms with van der Waals surface area (Å²) in [5.74, 6) is 1.34. The Hall–Kier alpha value is -1.93. The summed E-state index contributed by atoms with van der Waals surface area (Å²) in [6, 6.07) is 7.52. The minimum atomic E-state index is -3.13. The van der Waals surface area contributed by atoms with Gasteiger partial charge in [-0.1, -0.05) is 18.6 Å². The first-order chi connectivity index (χ1) is 13.0. The van der Waals surface area contributed by atoms with Crippen LogP contribution in [0.2, 0.25) is 0 Å². The van der Waals surface area contributed by atoms with Gasteiger partial charge < -0.3 is 9.88 Å². The van der Waals surface area contributed by atoms with Crippen molar-refractivity contribution >= 4 is 26.8 Å². The van der Waals surface area contributed by atoms with Gasteiger partial charge in [-0.05, 0) is 25.0 Å². The highest BCUT2D eigenvalue weighted by atomic mass is 32.2. The molecule has 1 amide bonds. The van der Waals surface area contributed by atoms with Crippen molar-refractivity contribution < 1.29 is 13.2 Å². The van der Waals surface area contributed by atoms with E-state index in [2.05, 4.69) is 14.9 Å². The number of hydrogen-bond donors (Lipinski definition) is 1. The third kappa shape index (κ3) is 3.04. The third-order valence-corrected chi connectivity index (χ3v) is 8.02. The van der Waals surface area contributed by atoms with Crippen LogP contribution in [0.5, 0.6) is 0 Å². The number of para-hydroxylation sites is 2. The van der Waals surface area contributed by atoms with Crippen LogP contribution in [0.15, 0.2) is 24.3 Å². The molecule has 8 heteroatoms. The SMILES string of the molecule is O=C(C1CCC1)N1CCN(Cc2nc3ccccc3[nH]2)[C@H]2CS(=O)(=O)C[C@H]21. The normalized spacial score (nSPS) is 28.2. The first kappa shape index (κ1) is 17.2. The molecule has 2 aliphatic heterocycles.